The Morgan fingerprint density at radius 3 is 2.64 bits per heavy atom. The van der Waals surface area contributed by atoms with E-state index >= 15 is 0 Å². The van der Waals surface area contributed by atoms with Crippen molar-refractivity contribution in [1.82, 2.24) is 5.32 Å². The van der Waals surface area contributed by atoms with Gasteiger partial charge in [-0.2, -0.15) is 0 Å². The maximum absolute atomic E-state index is 5.83. The van der Waals surface area contributed by atoms with Gasteiger partial charge in [0.05, 0.1) is 12.2 Å². The molecule has 0 aromatic heterocycles. The third-order valence-electron chi connectivity index (χ3n) is 2.48. The molecule has 1 heterocycles. The van der Waals surface area contributed by atoms with Gasteiger partial charge in [-0.3, -0.25) is 0 Å². The highest BCUT2D eigenvalue weighted by atomic mass is 16.5. The Morgan fingerprint density at radius 2 is 2.00 bits per heavy atom. The van der Waals surface area contributed by atoms with Gasteiger partial charge in [-0.25, -0.2) is 0 Å². The Labute approximate surface area is 68.3 Å². The average molecular weight is 155 g/mol. The van der Waals surface area contributed by atoms with Crippen LogP contribution in [0.4, 0.5) is 0 Å². The Kier molecular flexibility index (Phi) is 2.14. The molecule has 11 heavy (non-hydrogen) atoms. The standard InChI is InChI=1S/C9H17NO/c1-7-6-9(4-5-10-7)11-8-2-3-8/h7-10H,2-6H2,1H3. The average Bonchev–Trinajstić information content (AvgIpc) is 2.71. The second kappa shape index (κ2) is 3.11. The van der Waals surface area contributed by atoms with Gasteiger partial charge in [0.2, 0.25) is 0 Å². The van der Waals surface area contributed by atoms with Gasteiger partial charge >= 0.3 is 0 Å². The molecule has 2 aliphatic rings. The van der Waals surface area contributed by atoms with Crippen molar-refractivity contribution in [2.24, 2.45) is 0 Å². The molecular weight excluding hydrogens is 138 g/mol. The van der Waals surface area contributed by atoms with Crippen LogP contribution >= 0.6 is 0 Å². The van der Waals surface area contributed by atoms with Gasteiger partial charge in [-0.15, -0.1) is 0 Å². The molecule has 0 spiro atoms. The van der Waals surface area contributed by atoms with Crippen LogP contribution < -0.4 is 5.32 Å². The van der Waals surface area contributed by atoms with Crippen LogP contribution in [0, 0.1) is 0 Å². The first-order valence-corrected chi connectivity index (χ1v) is 4.73. The Hall–Kier alpha value is -0.0800. The summed E-state index contributed by atoms with van der Waals surface area (Å²) in [6.07, 6.45) is 6.21. The second-order valence-corrected chi connectivity index (χ2v) is 3.84. The van der Waals surface area contributed by atoms with E-state index in [0.29, 0.717) is 18.2 Å². The van der Waals surface area contributed by atoms with Crippen LogP contribution in [0.15, 0.2) is 0 Å². The normalized spacial score (nSPS) is 39.0. The predicted octanol–water partition coefficient (Wildman–Crippen LogP) is 1.31. The zero-order valence-corrected chi connectivity index (χ0v) is 7.18. The quantitative estimate of drug-likeness (QED) is 0.649. The smallest absolute Gasteiger partial charge is 0.0605 e. The SMILES string of the molecule is CC1CC(OC2CC2)CCN1. The summed E-state index contributed by atoms with van der Waals surface area (Å²) in [6.45, 7) is 3.38. The van der Waals surface area contributed by atoms with Crippen LogP contribution in [-0.4, -0.2) is 24.8 Å². The summed E-state index contributed by atoms with van der Waals surface area (Å²) in [7, 11) is 0. The largest absolute Gasteiger partial charge is 0.375 e. The molecule has 64 valence electrons. The highest BCUT2D eigenvalue weighted by Gasteiger charge is 2.28. The molecule has 0 aromatic rings. The lowest BCUT2D eigenvalue weighted by Gasteiger charge is -2.27. The first-order chi connectivity index (χ1) is 5.34. The summed E-state index contributed by atoms with van der Waals surface area (Å²) in [5, 5.41) is 3.43. The molecule has 0 amide bonds. The molecule has 1 saturated carbocycles. The Morgan fingerprint density at radius 1 is 1.18 bits per heavy atom. The lowest BCUT2D eigenvalue weighted by atomic mass is 10.0. The molecule has 1 aliphatic heterocycles. The lowest BCUT2D eigenvalue weighted by molar-refractivity contribution is 0.0123. The van der Waals surface area contributed by atoms with Gasteiger partial charge in [-0.1, -0.05) is 0 Å². The maximum Gasteiger partial charge on any atom is 0.0605 e. The van der Waals surface area contributed by atoms with E-state index in [-0.39, 0.29) is 0 Å². The molecule has 2 nitrogen and oxygen atoms in total. The molecule has 1 aliphatic carbocycles. The number of nitrogens with one attached hydrogen (secondary N) is 1. The van der Waals surface area contributed by atoms with E-state index in [1.54, 1.807) is 0 Å². The van der Waals surface area contributed by atoms with E-state index in [0.717, 1.165) is 6.54 Å². The molecule has 1 saturated heterocycles. The summed E-state index contributed by atoms with van der Waals surface area (Å²) in [5.41, 5.74) is 0. The van der Waals surface area contributed by atoms with Gasteiger partial charge in [-0.05, 0) is 39.2 Å². The highest BCUT2D eigenvalue weighted by molar-refractivity contribution is 4.80. The van der Waals surface area contributed by atoms with Crippen molar-refractivity contribution in [3.63, 3.8) is 0 Å². The minimum atomic E-state index is 0.554. The summed E-state index contributed by atoms with van der Waals surface area (Å²) < 4.78 is 5.83. The summed E-state index contributed by atoms with van der Waals surface area (Å²) >= 11 is 0. The van der Waals surface area contributed by atoms with Crippen LogP contribution in [0.1, 0.15) is 32.6 Å². The number of ether oxygens (including phenoxy) is 1. The first kappa shape index (κ1) is 7.56. The third kappa shape index (κ3) is 2.17. The molecule has 1 N–H and O–H groups in total. The number of hydrogen-bond acceptors (Lipinski definition) is 2. The van der Waals surface area contributed by atoms with Crippen molar-refractivity contribution in [3.8, 4) is 0 Å². The van der Waals surface area contributed by atoms with Crippen molar-refractivity contribution in [2.45, 2.75) is 50.9 Å². The van der Waals surface area contributed by atoms with Crippen LogP contribution in [0.2, 0.25) is 0 Å². The molecular formula is C9H17NO. The molecule has 2 heteroatoms. The van der Waals surface area contributed by atoms with E-state index in [4.69, 9.17) is 4.74 Å². The van der Waals surface area contributed by atoms with Crippen molar-refractivity contribution < 1.29 is 4.74 Å². The summed E-state index contributed by atoms with van der Waals surface area (Å²) in [5.74, 6) is 0. The van der Waals surface area contributed by atoms with Gasteiger partial charge in [0.1, 0.15) is 0 Å². The van der Waals surface area contributed by atoms with Gasteiger partial charge in [0.15, 0.2) is 0 Å². The molecule has 2 rings (SSSR count). The van der Waals surface area contributed by atoms with Crippen molar-refractivity contribution in [2.75, 3.05) is 6.54 Å². The van der Waals surface area contributed by atoms with Crippen molar-refractivity contribution in [3.05, 3.63) is 0 Å². The lowest BCUT2D eigenvalue weighted by Crippen LogP contribution is -2.39. The number of hydrogen-bond donors (Lipinski definition) is 1. The zero-order chi connectivity index (χ0) is 7.68. The van der Waals surface area contributed by atoms with Crippen LogP contribution in [0.5, 0.6) is 0 Å². The Bertz CT molecular complexity index is 132. The number of rotatable bonds is 2. The number of piperidine rings is 1. The maximum atomic E-state index is 5.83. The summed E-state index contributed by atoms with van der Waals surface area (Å²) in [4.78, 5) is 0. The van der Waals surface area contributed by atoms with E-state index in [1.165, 1.54) is 25.7 Å². The topological polar surface area (TPSA) is 21.3 Å². The van der Waals surface area contributed by atoms with E-state index in [1.807, 2.05) is 0 Å². The first-order valence-electron chi connectivity index (χ1n) is 4.73. The predicted molar refractivity (Wildman–Crippen MR) is 44.6 cm³/mol. The fourth-order valence-corrected chi connectivity index (χ4v) is 1.69. The summed E-state index contributed by atoms with van der Waals surface area (Å²) in [6, 6.07) is 0.660. The molecule has 2 fully saturated rings. The van der Waals surface area contributed by atoms with Gasteiger partial charge in [0, 0.05) is 6.04 Å². The fourth-order valence-electron chi connectivity index (χ4n) is 1.69. The molecule has 0 aromatic carbocycles. The van der Waals surface area contributed by atoms with Gasteiger partial charge in [0.25, 0.3) is 0 Å². The molecule has 0 bridgehead atoms. The Balaban J connectivity index is 1.73. The minimum Gasteiger partial charge on any atom is -0.375 e. The molecule has 0 radical (unpaired) electrons. The second-order valence-electron chi connectivity index (χ2n) is 3.84. The monoisotopic (exact) mass is 155 g/mol. The van der Waals surface area contributed by atoms with Crippen LogP contribution in [0.25, 0.3) is 0 Å². The van der Waals surface area contributed by atoms with Gasteiger partial charge < -0.3 is 10.1 Å². The van der Waals surface area contributed by atoms with Crippen LogP contribution in [-0.2, 0) is 4.74 Å². The van der Waals surface area contributed by atoms with Crippen molar-refractivity contribution in [1.29, 1.82) is 0 Å². The fraction of sp³-hybridized carbons (Fsp3) is 1.00. The highest BCUT2D eigenvalue weighted by Crippen LogP contribution is 2.27. The third-order valence-corrected chi connectivity index (χ3v) is 2.48. The van der Waals surface area contributed by atoms with Crippen LogP contribution in [0.3, 0.4) is 0 Å². The zero-order valence-electron chi connectivity index (χ0n) is 7.18. The molecule has 2 atom stereocenters. The van der Waals surface area contributed by atoms with E-state index < -0.39 is 0 Å². The molecule has 2 unspecified atom stereocenters. The minimum absolute atomic E-state index is 0.554. The van der Waals surface area contributed by atoms with E-state index in [9.17, 15) is 0 Å². The van der Waals surface area contributed by atoms with E-state index in [2.05, 4.69) is 12.2 Å². The van der Waals surface area contributed by atoms with Crippen molar-refractivity contribution >= 4 is 0 Å².